The fraction of sp³-hybridized carbons (Fsp3) is 0.750. The van der Waals surface area contributed by atoms with Crippen molar-refractivity contribution in [3.05, 3.63) is 12.7 Å². The normalized spacial score (nSPS) is 19.3. The van der Waals surface area contributed by atoms with Gasteiger partial charge in [-0.25, -0.2) is 4.79 Å². The van der Waals surface area contributed by atoms with Gasteiger partial charge < -0.3 is 9.64 Å². The molecular weight excluding hydrogens is 190 g/mol. The molecule has 1 heterocycles. The zero-order valence-corrected chi connectivity index (χ0v) is 10.2. The van der Waals surface area contributed by atoms with E-state index in [0.29, 0.717) is 0 Å². The van der Waals surface area contributed by atoms with Crippen molar-refractivity contribution < 1.29 is 9.53 Å². The Labute approximate surface area is 92.1 Å². The predicted octanol–water partition coefficient (Wildman–Crippen LogP) is 2.82. The van der Waals surface area contributed by atoms with E-state index >= 15 is 0 Å². The van der Waals surface area contributed by atoms with Gasteiger partial charge in [0.05, 0.1) is 0 Å². The van der Waals surface area contributed by atoms with Gasteiger partial charge >= 0.3 is 6.09 Å². The van der Waals surface area contributed by atoms with Gasteiger partial charge in [0.2, 0.25) is 0 Å². The van der Waals surface area contributed by atoms with E-state index < -0.39 is 5.60 Å². The number of nitrogens with zero attached hydrogens (tertiary/aromatic N) is 1. The summed E-state index contributed by atoms with van der Waals surface area (Å²) < 4.78 is 5.27. The molecule has 0 aliphatic carbocycles. The summed E-state index contributed by atoms with van der Waals surface area (Å²) in [5, 5.41) is 0. The van der Waals surface area contributed by atoms with Gasteiger partial charge in [0.25, 0.3) is 0 Å². The van der Waals surface area contributed by atoms with Crippen LogP contribution in [0.4, 0.5) is 4.79 Å². The number of amides is 1. The molecule has 3 nitrogen and oxygen atoms in total. The first kappa shape index (κ1) is 12.1. The minimum absolute atomic E-state index is 0.205. The van der Waals surface area contributed by atoms with Crippen LogP contribution in [-0.2, 0) is 4.74 Å². The van der Waals surface area contributed by atoms with Crippen LogP contribution in [0.2, 0.25) is 0 Å². The molecule has 1 amide bonds. The van der Waals surface area contributed by atoms with Crippen molar-refractivity contribution in [1.29, 1.82) is 0 Å². The van der Waals surface area contributed by atoms with E-state index in [9.17, 15) is 4.79 Å². The Kier molecular flexibility index (Phi) is 3.12. The van der Waals surface area contributed by atoms with Crippen molar-refractivity contribution in [3.63, 3.8) is 0 Å². The third-order valence-electron chi connectivity index (χ3n) is 2.43. The molecule has 0 aromatic carbocycles. The fourth-order valence-corrected chi connectivity index (χ4v) is 1.81. The summed E-state index contributed by atoms with van der Waals surface area (Å²) in [6.07, 6.45) is 2.66. The fourth-order valence-electron chi connectivity index (χ4n) is 1.81. The number of likely N-dealkylation sites (tertiary alicyclic amines) is 1. The van der Waals surface area contributed by atoms with Crippen LogP contribution in [0.3, 0.4) is 0 Å². The number of hydrogen-bond donors (Lipinski definition) is 0. The van der Waals surface area contributed by atoms with E-state index in [0.717, 1.165) is 19.5 Å². The van der Waals surface area contributed by atoms with Crippen molar-refractivity contribution in [2.45, 2.75) is 39.7 Å². The number of ether oxygens (including phenoxy) is 1. The van der Waals surface area contributed by atoms with Gasteiger partial charge in [-0.15, -0.1) is 6.58 Å². The molecule has 1 rings (SSSR count). The average molecular weight is 211 g/mol. The topological polar surface area (TPSA) is 29.5 Å². The van der Waals surface area contributed by atoms with Gasteiger partial charge in [0, 0.05) is 18.5 Å². The Morgan fingerprint density at radius 2 is 2.07 bits per heavy atom. The quantitative estimate of drug-likeness (QED) is 0.657. The minimum atomic E-state index is -0.401. The molecule has 0 spiro atoms. The molecule has 0 unspecified atom stereocenters. The molecule has 0 aromatic heterocycles. The van der Waals surface area contributed by atoms with E-state index in [1.165, 1.54) is 0 Å². The van der Waals surface area contributed by atoms with Crippen molar-refractivity contribution >= 4 is 6.09 Å². The third-order valence-corrected chi connectivity index (χ3v) is 2.43. The number of rotatable bonds is 2. The summed E-state index contributed by atoms with van der Waals surface area (Å²) in [6, 6.07) is 0. The van der Waals surface area contributed by atoms with Crippen LogP contribution in [-0.4, -0.2) is 29.7 Å². The Balaban J connectivity index is 2.38. The Bertz CT molecular complexity index is 259. The van der Waals surface area contributed by atoms with E-state index in [1.54, 1.807) is 4.90 Å². The zero-order valence-electron chi connectivity index (χ0n) is 10.2. The molecule has 1 aliphatic rings. The first-order valence-electron chi connectivity index (χ1n) is 5.35. The van der Waals surface area contributed by atoms with Crippen LogP contribution in [0.1, 0.15) is 34.1 Å². The summed E-state index contributed by atoms with van der Waals surface area (Å²) in [4.78, 5) is 13.4. The predicted molar refractivity (Wildman–Crippen MR) is 60.7 cm³/mol. The second-order valence-corrected chi connectivity index (χ2v) is 5.64. The van der Waals surface area contributed by atoms with Crippen molar-refractivity contribution in [2.75, 3.05) is 13.1 Å². The van der Waals surface area contributed by atoms with Gasteiger partial charge in [0.15, 0.2) is 0 Å². The van der Waals surface area contributed by atoms with Crippen LogP contribution in [0.15, 0.2) is 12.7 Å². The van der Waals surface area contributed by atoms with Gasteiger partial charge in [-0.3, -0.25) is 0 Å². The number of carbonyl (C=O) groups is 1. The molecule has 0 atom stereocenters. The number of hydrogen-bond acceptors (Lipinski definition) is 2. The van der Waals surface area contributed by atoms with Gasteiger partial charge in [-0.1, -0.05) is 13.0 Å². The Morgan fingerprint density at radius 3 is 2.47 bits per heavy atom. The first-order valence-corrected chi connectivity index (χ1v) is 5.35. The van der Waals surface area contributed by atoms with E-state index in [2.05, 4.69) is 13.5 Å². The first-order chi connectivity index (χ1) is 6.76. The highest BCUT2D eigenvalue weighted by Gasteiger charge is 2.41. The highest BCUT2D eigenvalue weighted by Crippen LogP contribution is 2.34. The van der Waals surface area contributed by atoms with Crippen molar-refractivity contribution in [2.24, 2.45) is 5.41 Å². The second kappa shape index (κ2) is 3.87. The van der Waals surface area contributed by atoms with Crippen molar-refractivity contribution in [3.8, 4) is 0 Å². The maximum Gasteiger partial charge on any atom is 0.410 e. The lowest BCUT2D eigenvalue weighted by molar-refractivity contribution is -0.0267. The molecule has 1 fully saturated rings. The summed E-state index contributed by atoms with van der Waals surface area (Å²) in [5.41, 5.74) is -0.194. The summed E-state index contributed by atoms with van der Waals surface area (Å²) in [5.74, 6) is 0. The highest BCUT2D eigenvalue weighted by atomic mass is 16.6. The molecule has 86 valence electrons. The van der Waals surface area contributed by atoms with E-state index in [-0.39, 0.29) is 11.5 Å². The molecule has 0 radical (unpaired) electrons. The molecule has 0 N–H and O–H groups in total. The standard InChI is InChI=1S/C12H21NO2/c1-6-7-12(5)8-13(9-12)10(14)15-11(2,3)4/h6H,1,7-9H2,2-5H3. The SMILES string of the molecule is C=CCC1(C)CN(C(=O)OC(C)(C)C)C1. The maximum atomic E-state index is 11.6. The molecule has 1 aliphatic heterocycles. The van der Waals surface area contributed by atoms with Crippen LogP contribution in [0, 0.1) is 5.41 Å². The van der Waals surface area contributed by atoms with Gasteiger partial charge in [-0.05, 0) is 27.2 Å². The molecule has 15 heavy (non-hydrogen) atoms. The lowest BCUT2D eigenvalue weighted by Crippen LogP contribution is -2.57. The molecule has 3 heteroatoms. The second-order valence-electron chi connectivity index (χ2n) is 5.64. The number of allylic oxidation sites excluding steroid dienone is 1. The van der Waals surface area contributed by atoms with E-state index in [4.69, 9.17) is 4.74 Å². The smallest absolute Gasteiger partial charge is 0.410 e. The summed E-state index contributed by atoms with van der Waals surface area (Å²) >= 11 is 0. The molecule has 0 bridgehead atoms. The largest absolute Gasteiger partial charge is 0.444 e. The molecule has 1 saturated heterocycles. The average Bonchev–Trinajstić information content (AvgIpc) is 1.96. The third kappa shape index (κ3) is 3.26. The maximum absolute atomic E-state index is 11.6. The summed E-state index contributed by atoms with van der Waals surface area (Å²) in [6.45, 7) is 13.1. The molecular formula is C12H21NO2. The molecule has 0 aromatic rings. The number of carbonyl (C=O) groups excluding carboxylic acids is 1. The lowest BCUT2D eigenvalue weighted by atomic mass is 9.79. The van der Waals surface area contributed by atoms with Crippen molar-refractivity contribution in [1.82, 2.24) is 4.90 Å². The van der Waals surface area contributed by atoms with Crippen LogP contribution < -0.4 is 0 Å². The van der Waals surface area contributed by atoms with Crippen LogP contribution in [0.5, 0.6) is 0 Å². The molecule has 0 saturated carbocycles. The Morgan fingerprint density at radius 1 is 1.53 bits per heavy atom. The summed E-state index contributed by atoms with van der Waals surface area (Å²) in [7, 11) is 0. The highest BCUT2D eigenvalue weighted by molar-refractivity contribution is 5.69. The minimum Gasteiger partial charge on any atom is -0.444 e. The van der Waals surface area contributed by atoms with Crippen LogP contribution >= 0.6 is 0 Å². The zero-order chi connectivity index (χ0) is 11.7. The van der Waals surface area contributed by atoms with Crippen LogP contribution in [0.25, 0.3) is 0 Å². The van der Waals surface area contributed by atoms with Gasteiger partial charge in [0.1, 0.15) is 5.60 Å². The van der Waals surface area contributed by atoms with Gasteiger partial charge in [-0.2, -0.15) is 0 Å². The van der Waals surface area contributed by atoms with E-state index in [1.807, 2.05) is 26.8 Å². The monoisotopic (exact) mass is 211 g/mol. The Hall–Kier alpha value is -0.990. The lowest BCUT2D eigenvalue weighted by Gasteiger charge is -2.47.